The number of rotatable bonds is 8. The van der Waals surface area contributed by atoms with E-state index in [1.165, 1.54) is 12.1 Å². The van der Waals surface area contributed by atoms with Crippen LogP contribution in [-0.4, -0.2) is 50.0 Å². The molecule has 0 saturated carbocycles. The summed E-state index contributed by atoms with van der Waals surface area (Å²) in [6.45, 7) is 4.01. The van der Waals surface area contributed by atoms with Crippen LogP contribution in [0.4, 0.5) is 10.1 Å². The van der Waals surface area contributed by atoms with Crippen molar-refractivity contribution in [2.24, 2.45) is 4.99 Å². The van der Waals surface area contributed by atoms with Gasteiger partial charge in [0.15, 0.2) is 5.96 Å². The first-order valence-corrected chi connectivity index (χ1v) is 10.5. The van der Waals surface area contributed by atoms with E-state index in [0.717, 1.165) is 11.3 Å². The number of nitrogens with one attached hydrogen (secondary N) is 3. The Balaban J connectivity index is 0.00000363. The predicted molar refractivity (Wildman–Crippen MR) is 135 cm³/mol. The average Bonchev–Trinajstić information content (AvgIpc) is 3.13. The summed E-state index contributed by atoms with van der Waals surface area (Å²) in [5.74, 6) is 0.230. The van der Waals surface area contributed by atoms with E-state index in [-0.39, 0.29) is 54.1 Å². The third-order valence-electron chi connectivity index (χ3n) is 4.86. The third-order valence-corrected chi connectivity index (χ3v) is 4.86. The minimum absolute atomic E-state index is 0. The fraction of sp³-hybridized carbons (Fsp3) is 0.348. The molecule has 32 heavy (non-hydrogen) atoms. The molecule has 0 bridgehead atoms. The molecule has 172 valence electrons. The lowest BCUT2D eigenvalue weighted by molar-refractivity contribution is -0.120. The van der Waals surface area contributed by atoms with Crippen LogP contribution in [0.1, 0.15) is 18.9 Å². The molecule has 1 atom stereocenters. The van der Waals surface area contributed by atoms with Crippen molar-refractivity contribution in [2.45, 2.75) is 25.8 Å². The summed E-state index contributed by atoms with van der Waals surface area (Å²) < 4.78 is 12.9. The van der Waals surface area contributed by atoms with Crippen LogP contribution in [0.3, 0.4) is 0 Å². The fourth-order valence-electron chi connectivity index (χ4n) is 3.39. The van der Waals surface area contributed by atoms with Crippen molar-refractivity contribution in [2.75, 3.05) is 31.1 Å². The zero-order valence-corrected chi connectivity index (χ0v) is 20.3. The SMILES string of the molecule is CCNC(=NCCNC(=O)Cc1ccc(F)cc1)NC1CC(=O)N(c2ccccc2)C1.I. The van der Waals surface area contributed by atoms with E-state index in [1.54, 1.807) is 17.0 Å². The van der Waals surface area contributed by atoms with Gasteiger partial charge < -0.3 is 20.9 Å². The van der Waals surface area contributed by atoms with Gasteiger partial charge in [0.25, 0.3) is 0 Å². The lowest BCUT2D eigenvalue weighted by Crippen LogP contribution is -2.45. The standard InChI is InChI=1S/C23H28FN5O2.HI/c1-2-25-23(27-13-12-26-21(30)14-17-8-10-18(24)11-9-17)28-19-15-22(31)29(16-19)20-6-4-3-5-7-20;/h3-11,19H,2,12-16H2,1H3,(H,26,30)(H2,25,27,28);1H. The molecule has 0 radical (unpaired) electrons. The molecular formula is C23H29FIN5O2. The van der Waals surface area contributed by atoms with Crippen LogP contribution in [-0.2, 0) is 16.0 Å². The summed E-state index contributed by atoms with van der Waals surface area (Å²) in [4.78, 5) is 30.7. The summed E-state index contributed by atoms with van der Waals surface area (Å²) in [7, 11) is 0. The number of halogens is 2. The second-order valence-corrected chi connectivity index (χ2v) is 7.30. The van der Waals surface area contributed by atoms with Crippen LogP contribution in [0, 0.1) is 5.82 Å². The third kappa shape index (κ3) is 7.77. The van der Waals surface area contributed by atoms with Crippen LogP contribution < -0.4 is 20.9 Å². The van der Waals surface area contributed by atoms with Crippen LogP contribution >= 0.6 is 24.0 Å². The van der Waals surface area contributed by atoms with Gasteiger partial charge in [0.2, 0.25) is 11.8 Å². The molecule has 3 rings (SSSR count). The first-order chi connectivity index (χ1) is 15.0. The Labute approximate surface area is 204 Å². The quantitative estimate of drug-likeness (QED) is 0.203. The number of anilines is 1. The van der Waals surface area contributed by atoms with Crippen molar-refractivity contribution in [3.63, 3.8) is 0 Å². The number of amides is 2. The van der Waals surface area contributed by atoms with Gasteiger partial charge in [-0.1, -0.05) is 30.3 Å². The number of aliphatic imine (C=N–C) groups is 1. The molecule has 1 aliphatic rings. The number of hydrogen-bond acceptors (Lipinski definition) is 3. The molecule has 1 saturated heterocycles. The molecule has 1 unspecified atom stereocenters. The molecule has 0 aliphatic carbocycles. The molecule has 1 fully saturated rings. The number of guanidine groups is 1. The van der Waals surface area contributed by atoms with Gasteiger partial charge in [-0.2, -0.15) is 0 Å². The van der Waals surface area contributed by atoms with Gasteiger partial charge in [0.1, 0.15) is 5.82 Å². The highest BCUT2D eigenvalue weighted by Crippen LogP contribution is 2.20. The Hall–Kier alpha value is -2.69. The zero-order valence-electron chi connectivity index (χ0n) is 18.0. The van der Waals surface area contributed by atoms with Gasteiger partial charge in [-0.05, 0) is 36.8 Å². The number of nitrogens with zero attached hydrogens (tertiary/aromatic N) is 2. The van der Waals surface area contributed by atoms with Crippen LogP contribution in [0.15, 0.2) is 59.6 Å². The van der Waals surface area contributed by atoms with E-state index in [2.05, 4.69) is 20.9 Å². The van der Waals surface area contributed by atoms with Crippen molar-refractivity contribution in [1.82, 2.24) is 16.0 Å². The van der Waals surface area contributed by atoms with Gasteiger partial charge in [0, 0.05) is 31.7 Å². The second kappa shape index (κ2) is 13.0. The number of benzene rings is 2. The maximum absolute atomic E-state index is 12.9. The monoisotopic (exact) mass is 553 g/mol. The Bertz CT molecular complexity index is 908. The van der Waals surface area contributed by atoms with Gasteiger partial charge in [-0.15, -0.1) is 24.0 Å². The fourth-order valence-corrected chi connectivity index (χ4v) is 3.39. The highest BCUT2D eigenvalue weighted by Gasteiger charge is 2.31. The van der Waals surface area contributed by atoms with E-state index >= 15 is 0 Å². The molecule has 1 heterocycles. The van der Waals surface area contributed by atoms with E-state index in [1.807, 2.05) is 37.3 Å². The number of hydrogen-bond donors (Lipinski definition) is 3. The molecule has 2 amide bonds. The summed E-state index contributed by atoms with van der Waals surface area (Å²) in [6.07, 6.45) is 0.593. The van der Waals surface area contributed by atoms with Gasteiger partial charge in [-0.3, -0.25) is 14.6 Å². The van der Waals surface area contributed by atoms with E-state index in [4.69, 9.17) is 0 Å². The van der Waals surface area contributed by atoms with Crippen LogP contribution in [0.5, 0.6) is 0 Å². The molecule has 1 aliphatic heterocycles. The lowest BCUT2D eigenvalue weighted by atomic mass is 10.1. The minimum atomic E-state index is -0.321. The van der Waals surface area contributed by atoms with Crippen molar-refractivity contribution < 1.29 is 14.0 Å². The highest BCUT2D eigenvalue weighted by molar-refractivity contribution is 14.0. The van der Waals surface area contributed by atoms with Crippen LogP contribution in [0.2, 0.25) is 0 Å². The van der Waals surface area contributed by atoms with Gasteiger partial charge in [-0.25, -0.2) is 4.39 Å². The molecule has 2 aromatic carbocycles. The van der Waals surface area contributed by atoms with Crippen molar-refractivity contribution in [3.8, 4) is 0 Å². The van der Waals surface area contributed by atoms with Crippen molar-refractivity contribution in [1.29, 1.82) is 0 Å². The summed E-state index contributed by atoms with van der Waals surface area (Å²) in [5.41, 5.74) is 1.65. The largest absolute Gasteiger partial charge is 0.357 e. The highest BCUT2D eigenvalue weighted by atomic mass is 127. The Morgan fingerprint density at radius 2 is 1.84 bits per heavy atom. The Morgan fingerprint density at radius 1 is 1.12 bits per heavy atom. The van der Waals surface area contributed by atoms with Gasteiger partial charge in [0.05, 0.1) is 19.0 Å². The van der Waals surface area contributed by atoms with Crippen molar-refractivity contribution in [3.05, 3.63) is 66.0 Å². The summed E-state index contributed by atoms with van der Waals surface area (Å²) in [5, 5.41) is 9.30. The molecule has 3 N–H and O–H groups in total. The minimum Gasteiger partial charge on any atom is -0.357 e. The Kier molecular flexibility index (Phi) is 10.4. The predicted octanol–water partition coefficient (Wildman–Crippen LogP) is 2.46. The van der Waals surface area contributed by atoms with E-state index < -0.39 is 0 Å². The molecule has 7 nitrogen and oxygen atoms in total. The summed E-state index contributed by atoms with van der Waals surface area (Å²) >= 11 is 0. The number of carbonyl (C=O) groups excluding carboxylic acids is 2. The number of para-hydroxylation sites is 1. The Morgan fingerprint density at radius 3 is 2.53 bits per heavy atom. The smallest absolute Gasteiger partial charge is 0.229 e. The summed E-state index contributed by atoms with van der Waals surface area (Å²) in [6, 6.07) is 15.4. The number of carbonyl (C=O) groups is 2. The first kappa shape index (κ1) is 25.6. The molecule has 0 aromatic heterocycles. The average molecular weight is 553 g/mol. The van der Waals surface area contributed by atoms with Gasteiger partial charge >= 0.3 is 0 Å². The van der Waals surface area contributed by atoms with E-state index in [0.29, 0.717) is 38.6 Å². The van der Waals surface area contributed by atoms with Crippen molar-refractivity contribution >= 4 is 47.4 Å². The molecular weight excluding hydrogens is 524 g/mol. The maximum Gasteiger partial charge on any atom is 0.229 e. The first-order valence-electron chi connectivity index (χ1n) is 10.5. The zero-order chi connectivity index (χ0) is 22.1. The maximum atomic E-state index is 12.9. The molecule has 2 aromatic rings. The molecule has 9 heteroatoms. The van der Waals surface area contributed by atoms with Crippen LogP contribution in [0.25, 0.3) is 0 Å². The normalized spacial score (nSPS) is 15.8. The van der Waals surface area contributed by atoms with E-state index in [9.17, 15) is 14.0 Å². The topological polar surface area (TPSA) is 85.8 Å². The second-order valence-electron chi connectivity index (χ2n) is 7.30. The lowest BCUT2D eigenvalue weighted by Gasteiger charge is -2.19. The molecule has 0 spiro atoms.